The Morgan fingerprint density at radius 3 is 2.94 bits per heavy atom. The Hall–Kier alpha value is -1.06. The molecule has 1 unspecified atom stereocenters. The summed E-state index contributed by atoms with van der Waals surface area (Å²) in [5.74, 6) is 0.992. The van der Waals surface area contributed by atoms with Gasteiger partial charge < -0.3 is 10.1 Å². The lowest BCUT2D eigenvalue weighted by Crippen LogP contribution is -2.43. The SMILES string of the molecule is COc1ccc(C)cc1C1CNCCN1C. The molecule has 16 heavy (non-hydrogen) atoms. The quantitative estimate of drug-likeness (QED) is 0.819. The van der Waals surface area contributed by atoms with E-state index < -0.39 is 0 Å². The van der Waals surface area contributed by atoms with Crippen LogP contribution in [0, 0.1) is 6.92 Å². The third-order valence-corrected chi connectivity index (χ3v) is 3.26. The number of nitrogens with one attached hydrogen (secondary N) is 1. The highest BCUT2D eigenvalue weighted by Gasteiger charge is 2.23. The smallest absolute Gasteiger partial charge is 0.123 e. The third-order valence-electron chi connectivity index (χ3n) is 3.26. The van der Waals surface area contributed by atoms with Crippen LogP contribution in [0.1, 0.15) is 17.2 Å². The van der Waals surface area contributed by atoms with Crippen molar-refractivity contribution in [3.05, 3.63) is 29.3 Å². The van der Waals surface area contributed by atoms with Crippen molar-refractivity contribution in [2.24, 2.45) is 0 Å². The predicted molar refractivity (Wildman–Crippen MR) is 66.0 cm³/mol. The topological polar surface area (TPSA) is 24.5 Å². The summed E-state index contributed by atoms with van der Waals surface area (Å²) in [6, 6.07) is 6.81. The van der Waals surface area contributed by atoms with Crippen LogP contribution in [-0.2, 0) is 0 Å². The molecule has 0 radical (unpaired) electrons. The zero-order chi connectivity index (χ0) is 11.5. The zero-order valence-corrected chi connectivity index (χ0v) is 10.3. The fourth-order valence-corrected chi connectivity index (χ4v) is 2.27. The molecule has 2 rings (SSSR count). The van der Waals surface area contributed by atoms with Crippen LogP contribution in [0.25, 0.3) is 0 Å². The van der Waals surface area contributed by atoms with Gasteiger partial charge in [-0.05, 0) is 20.0 Å². The van der Waals surface area contributed by atoms with Gasteiger partial charge in [0.2, 0.25) is 0 Å². The van der Waals surface area contributed by atoms with E-state index in [0.29, 0.717) is 6.04 Å². The second kappa shape index (κ2) is 4.85. The Labute approximate surface area is 97.4 Å². The summed E-state index contributed by atoms with van der Waals surface area (Å²) in [4.78, 5) is 2.38. The lowest BCUT2D eigenvalue weighted by molar-refractivity contribution is 0.198. The van der Waals surface area contributed by atoms with Gasteiger partial charge in [0.25, 0.3) is 0 Å². The van der Waals surface area contributed by atoms with Crippen molar-refractivity contribution in [3.63, 3.8) is 0 Å². The molecule has 1 aromatic rings. The van der Waals surface area contributed by atoms with Crippen molar-refractivity contribution in [3.8, 4) is 5.75 Å². The molecule has 88 valence electrons. The molecule has 0 saturated carbocycles. The van der Waals surface area contributed by atoms with Crippen LogP contribution in [0.3, 0.4) is 0 Å². The number of hydrogen-bond acceptors (Lipinski definition) is 3. The summed E-state index contributed by atoms with van der Waals surface area (Å²) in [5.41, 5.74) is 2.58. The number of methoxy groups -OCH3 is 1. The fourth-order valence-electron chi connectivity index (χ4n) is 2.27. The summed E-state index contributed by atoms with van der Waals surface area (Å²) >= 11 is 0. The Morgan fingerprint density at radius 2 is 2.25 bits per heavy atom. The van der Waals surface area contributed by atoms with E-state index in [2.05, 4.69) is 42.4 Å². The normalized spacial score (nSPS) is 22.1. The van der Waals surface area contributed by atoms with Crippen molar-refractivity contribution >= 4 is 0 Å². The van der Waals surface area contributed by atoms with E-state index in [1.165, 1.54) is 11.1 Å². The first-order valence-corrected chi connectivity index (χ1v) is 5.78. The molecule has 0 amide bonds. The first kappa shape index (κ1) is 11.4. The van der Waals surface area contributed by atoms with Gasteiger partial charge in [-0.3, -0.25) is 4.90 Å². The molecule has 0 aliphatic carbocycles. The third kappa shape index (κ3) is 2.20. The summed E-state index contributed by atoms with van der Waals surface area (Å²) in [7, 11) is 3.91. The van der Waals surface area contributed by atoms with Crippen LogP contribution in [-0.4, -0.2) is 38.7 Å². The highest BCUT2D eigenvalue weighted by atomic mass is 16.5. The summed E-state index contributed by atoms with van der Waals surface area (Å²) < 4.78 is 5.45. The molecule has 1 atom stereocenters. The monoisotopic (exact) mass is 220 g/mol. The van der Waals surface area contributed by atoms with Crippen molar-refractivity contribution in [1.82, 2.24) is 10.2 Å². The van der Waals surface area contributed by atoms with E-state index in [0.717, 1.165) is 25.4 Å². The molecule has 3 nitrogen and oxygen atoms in total. The highest BCUT2D eigenvalue weighted by Crippen LogP contribution is 2.30. The molecule has 1 fully saturated rings. The van der Waals surface area contributed by atoms with Crippen molar-refractivity contribution in [1.29, 1.82) is 0 Å². The number of ether oxygens (including phenoxy) is 1. The standard InChI is InChI=1S/C13H20N2O/c1-10-4-5-13(16-3)11(8-10)12-9-14-6-7-15(12)2/h4-5,8,12,14H,6-7,9H2,1-3H3. The molecular weight excluding hydrogens is 200 g/mol. The Balaban J connectivity index is 2.33. The molecule has 1 aliphatic heterocycles. The van der Waals surface area contributed by atoms with Crippen LogP contribution in [0.2, 0.25) is 0 Å². The number of likely N-dealkylation sites (N-methyl/N-ethyl adjacent to an activating group) is 1. The first-order chi connectivity index (χ1) is 7.72. The average Bonchev–Trinajstić information content (AvgIpc) is 2.29. The summed E-state index contributed by atoms with van der Waals surface area (Å²) in [5, 5.41) is 3.44. The molecule has 0 aromatic heterocycles. The Bertz CT molecular complexity index is 365. The predicted octanol–water partition coefficient (Wildman–Crippen LogP) is 1.58. The minimum absolute atomic E-state index is 0.420. The van der Waals surface area contributed by atoms with Crippen LogP contribution in [0.5, 0.6) is 5.75 Å². The van der Waals surface area contributed by atoms with Gasteiger partial charge in [-0.1, -0.05) is 17.7 Å². The number of rotatable bonds is 2. The maximum atomic E-state index is 5.45. The molecule has 1 aromatic carbocycles. The number of piperazine rings is 1. The lowest BCUT2D eigenvalue weighted by atomic mass is 10.0. The molecule has 0 spiro atoms. The maximum Gasteiger partial charge on any atom is 0.123 e. The van der Waals surface area contributed by atoms with E-state index in [1.807, 2.05) is 0 Å². The van der Waals surface area contributed by atoms with Gasteiger partial charge in [-0.25, -0.2) is 0 Å². The second-order valence-corrected chi connectivity index (χ2v) is 4.45. The Kier molecular flexibility index (Phi) is 3.46. The van der Waals surface area contributed by atoms with Gasteiger partial charge in [0, 0.05) is 25.2 Å². The largest absolute Gasteiger partial charge is 0.496 e. The zero-order valence-electron chi connectivity index (χ0n) is 10.3. The second-order valence-electron chi connectivity index (χ2n) is 4.45. The molecular formula is C13H20N2O. The number of hydrogen-bond donors (Lipinski definition) is 1. The molecule has 1 N–H and O–H groups in total. The van der Waals surface area contributed by atoms with Gasteiger partial charge in [0.15, 0.2) is 0 Å². The average molecular weight is 220 g/mol. The van der Waals surface area contributed by atoms with Crippen molar-refractivity contribution < 1.29 is 4.74 Å². The fraction of sp³-hybridized carbons (Fsp3) is 0.538. The number of aryl methyl sites for hydroxylation is 1. The minimum Gasteiger partial charge on any atom is -0.496 e. The minimum atomic E-state index is 0.420. The van der Waals surface area contributed by atoms with Gasteiger partial charge in [0.1, 0.15) is 5.75 Å². The summed E-state index contributed by atoms with van der Waals surface area (Å²) in [6.07, 6.45) is 0. The van der Waals surface area contributed by atoms with Crippen molar-refractivity contribution in [2.75, 3.05) is 33.8 Å². The van der Waals surface area contributed by atoms with Gasteiger partial charge in [0.05, 0.1) is 13.2 Å². The van der Waals surface area contributed by atoms with E-state index >= 15 is 0 Å². The number of benzene rings is 1. The van der Waals surface area contributed by atoms with E-state index in [-0.39, 0.29) is 0 Å². The molecule has 3 heteroatoms. The van der Waals surface area contributed by atoms with Crippen molar-refractivity contribution in [2.45, 2.75) is 13.0 Å². The van der Waals surface area contributed by atoms with Crippen LogP contribution in [0.15, 0.2) is 18.2 Å². The summed E-state index contributed by atoms with van der Waals surface area (Å²) in [6.45, 7) is 5.28. The first-order valence-electron chi connectivity index (χ1n) is 5.78. The van der Waals surface area contributed by atoms with Crippen LogP contribution in [0.4, 0.5) is 0 Å². The highest BCUT2D eigenvalue weighted by molar-refractivity contribution is 5.39. The molecule has 1 saturated heterocycles. The lowest BCUT2D eigenvalue weighted by Gasteiger charge is -2.34. The Morgan fingerprint density at radius 1 is 1.44 bits per heavy atom. The van der Waals surface area contributed by atoms with Gasteiger partial charge in [-0.2, -0.15) is 0 Å². The van der Waals surface area contributed by atoms with E-state index in [4.69, 9.17) is 4.74 Å². The maximum absolute atomic E-state index is 5.45. The molecule has 1 heterocycles. The van der Waals surface area contributed by atoms with Crippen LogP contribution < -0.4 is 10.1 Å². The van der Waals surface area contributed by atoms with Gasteiger partial charge >= 0.3 is 0 Å². The number of nitrogens with zero attached hydrogens (tertiary/aromatic N) is 1. The van der Waals surface area contributed by atoms with E-state index in [1.54, 1.807) is 7.11 Å². The van der Waals surface area contributed by atoms with Gasteiger partial charge in [-0.15, -0.1) is 0 Å². The van der Waals surface area contributed by atoms with Crippen LogP contribution >= 0.6 is 0 Å². The van der Waals surface area contributed by atoms with E-state index in [9.17, 15) is 0 Å². The molecule has 1 aliphatic rings. The molecule has 0 bridgehead atoms.